The lowest BCUT2D eigenvalue weighted by Crippen LogP contribution is -2.15. The van der Waals surface area contributed by atoms with Gasteiger partial charge in [0.25, 0.3) is 11.5 Å². The van der Waals surface area contributed by atoms with Crippen molar-refractivity contribution in [2.45, 2.75) is 0 Å². The quantitative estimate of drug-likeness (QED) is 0.420. The Morgan fingerprint density at radius 3 is 2.69 bits per heavy atom. The minimum atomic E-state index is -0.254. The van der Waals surface area contributed by atoms with Crippen molar-refractivity contribution < 1.29 is 9.53 Å². The molecule has 2 N–H and O–H groups in total. The molecule has 0 spiro atoms. The maximum absolute atomic E-state index is 12.7. The molecule has 0 aliphatic carbocycles. The molecule has 2 heterocycles. The summed E-state index contributed by atoms with van der Waals surface area (Å²) in [6.07, 6.45) is 0. The molecule has 0 saturated heterocycles. The number of amides is 1. The number of carbonyl (C=O) groups is 1. The summed E-state index contributed by atoms with van der Waals surface area (Å²) in [6, 6.07) is 21.3. The van der Waals surface area contributed by atoms with Crippen LogP contribution in [0, 0.1) is 0 Å². The van der Waals surface area contributed by atoms with Crippen LogP contribution in [0.4, 0.5) is 16.5 Å². The van der Waals surface area contributed by atoms with Crippen molar-refractivity contribution in [1.82, 2.24) is 14.6 Å². The maximum atomic E-state index is 12.7. The molecular formula is C23H17N5O3S. The second-order valence-corrected chi connectivity index (χ2v) is 7.88. The Morgan fingerprint density at radius 1 is 1.00 bits per heavy atom. The van der Waals surface area contributed by atoms with Crippen molar-refractivity contribution in [3.05, 3.63) is 88.7 Å². The number of fused-ring (bicyclic) bond motifs is 2. The molecule has 2 aromatic heterocycles. The smallest absolute Gasteiger partial charge is 0.283 e. The van der Waals surface area contributed by atoms with Crippen LogP contribution < -0.4 is 20.9 Å². The molecule has 1 amide bonds. The summed E-state index contributed by atoms with van der Waals surface area (Å²) in [5.74, 6) is 0.404. The van der Waals surface area contributed by atoms with Gasteiger partial charge in [0.2, 0.25) is 10.1 Å². The molecule has 8 nitrogen and oxygen atoms in total. The van der Waals surface area contributed by atoms with E-state index >= 15 is 0 Å². The predicted molar refractivity (Wildman–Crippen MR) is 125 cm³/mol. The second kappa shape index (κ2) is 8.12. The fourth-order valence-corrected chi connectivity index (χ4v) is 4.09. The number of benzene rings is 3. The molecule has 0 radical (unpaired) electrons. The fraction of sp³-hybridized carbons (Fsp3) is 0.0435. The van der Waals surface area contributed by atoms with Gasteiger partial charge in [-0.15, -0.1) is 5.10 Å². The lowest BCUT2D eigenvalue weighted by molar-refractivity contribution is 0.102. The Kier molecular flexibility index (Phi) is 5.00. The first kappa shape index (κ1) is 19.7. The van der Waals surface area contributed by atoms with Crippen LogP contribution in [-0.2, 0) is 0 Å². The number of aromatic nitrogens is 3. The molecule has 0 aliphatic rings. The molecule has 9 heteroatoms. The molecule has 0 fully saturated rings. The van der Waals surface area contributed by atoms with Gasteiger partial charge in [0.1, 0.15) is 5.75 Å². The highest BCUT2D eigenvalue weighted by Gasteiger charge is 2.12. The van der Waals surface area contributed by atoms with E-state index in [9.17, 15) is 9.59 Å². The third-order valence-electron chi connectivity index (χ3n) is 4.81. The van der Waals surface area contributed by atoms with Crippen molar-refractivity contribution in [2.75, 3.05) is 17.7 Å². The number of hydrogen-bond acceptors (Lipinski definition) is 7. The zero-order chi connectivity index (χ0) is 22.1. The number of nitrogens with zero attached hydrogens (tertiary/aromatic N) is 3. The predicted octanol–water partition coefficient (Wildman–Crippen LogP) is 4.31. The third-order valence-corrected chi connectivity index (χ3v) is 5.63. The molecule has 158 valence electrons. The van der Waals surface area contributed by atoms with Gasteiger partial charge >= 0.3 is 0 Å². The molecule has 3 aromatic carbocycles. The highest BCUT2D eigenvalue weighted by molar-refractivity contribution is 7.20. The molecule has 0 aliphatic heterocycles. The molecule has 32 heavy (non-hydrogen) atoms. The first-order valence-corrected chi connectivity index (χ1v) is 10.5. The minimum Gasteiger partial charge on any atom is -0.497 e. The van der Waals surface area contributed by atoms with Crippen LogP contribution in [0.3, 0.4) is 0 Å². The summed E-state index contributed by atoms with van der Waals surface area (Å²) < 4.78 is 6.48. The van der Waals surface area contributed by atoms with E-state index in [1.165, 1.54) is 15.9 Å². The van der Waals surface area contributed by atoms with E-state index in [0.29, 0.717) is 43.7 Å². The van der Waals surface area contributed by atoms with Gasteiger partial charge in [0.05, 0.1) is 18.0 Å². The number of ether oxygens (including phenoxy) is 1. The molecule has 0 saturated carbocycles. The zero-order valence-corrected chi connectivity index (χ0v) is 17.7. The van der Waals surface area contributed by atoms with E-state index in [2.05, 4.69) is 20.7 Å². The van der Waals surface area contributed by atoms with Gasteiger partial charge in [-0.1, -0.05) is 35.6 Å². The summed E-state index contributed by atoms with van der Waals surface area (Å²) in [4.78, 5) is 30.4. The maximum Gasteiger partial charge on any atom is 0.283 e. The number of nitrogens with one attached hydrogen (secondary N) is 2. The van der Waals surface area contributed by atoms with Gasteiger partial charge < -0.3 is 15.4 Å². The van der Waals surface area contributed by atoms with Crippen molar-refractivity contribution in [3.63, 3.8) is 0 Å². The van der Waals surface area contributed by atoms with Gasteiger partial charge in [-0.05, 0) is 42.5 Å². The number of rotatable bonds is 5. The number of anilines is 3. The summed E-state index contributed by atoms with van der Waals surface area (Å²) in [5.41, 5.74) is 2.18. The highest BCUT2D eigenvalue weighted by Crippen LogP contribution is 2.24. The van der Waals surface area contributed by atoms with Crippen LogP contribution >= 0.6 is 11.3 Å². The van der Waals surface area contributed by atoms with E-state index < -0.39 is 0 Å². The van der Waals surface area contributed by atoms with Gasteiger partial charge in [-0.25, -0.2) is 4.98 Å². The molecule has 0 atom stereocenters. The van der Waals surface area contributed by atoms with Gasteiger partial charge in [0, 0.05) is 23.0 Å². The number of hydrogen-bond donors (Lipinski definition) is 2. The van der Waals surface area contributed by atoms with Crippen LogP contribution in [-0.4, -0.2) is 27.6 Å². The highest BCUT2D eigenvalue weighted by atomic mass is 32.1. The van der Waals surface area contributed by atoms with E-state index in [4.69, 9.17) is 4.74 Å². The molecule has 5 aromatic rings. The van der Waals surface area contributed by atoms with Crippen LogP contribution in [0.25, 0.3) is 15.9 Å². The van der Waals surface area contributed by atoms with Crippen LogP contribution in [0.1, 0.15) is 10.4 Å². The summed E-state index contributed by atoms with van der Waals surface area (Å²) in [5, 5.41) is 11.4. The van der Waals surface area contributed by atoms with E-state index in [1.807, 2.05) is 12.1 Å². The molecule has 5 rings (SSSR count). The Balaban J connectivity index is 1.40. The van der Waals surface area contributed by atoms with Crippen LogP contribution in [0.5, 0.6) is 5.75 Å². The fourth-order valence-electron chi connectivity index (χ4n) is 3.27. The first-order chi connectivity index (χ1) is 15.6. The Bertz CT molecular complexity index is 1530. The Morgan fingerprint density at radius 2 is 1.81 bits per heavy atom. The average Bonchev–Trinajstić information content (AvgIpc) is 3.22. The normalized spacial score (nSPS) is 10.9. The van der Waals surface area contributed by atoms with Gasteiger partial charge in [0.15, 0.2) is 0 Å². The minimum absolute atomic E-state index is 0.221. The van der Waals surface area contributed by atoms with Crippen LogP contribution in [0.15, 0.2) is 77.6 Å². The molecule has 0 bridgehead atoms. The van der Waals surface area contributed by atoms with Crippen LogP contribution in [0.2, 0.25) is 0 Å². The number of carbonyl (C=O) groups excluding carboxylic acids is 1. The average molecular weight is 443 g/mol. The van der Waals surface area contributed by atoms with E-state index in [-0.39, 0.29) is 11.5 Å². The number of para-hydroxylation sites is 1. The third kappa shape index (κ3) is 3.77. The second-order valence-electron chi connectivity index (χ2n) is 6.93. The van der Waals surface area contributed by atoms with Crippen molar-refractivity contribution in [2.24, 2.45) is 0 Å². The summed E-state index contributed by atoms with van der Waals surface area (Å²) in [6.45, 7) is 0. The largest absolute Gasteiger partial charge is 0.497 e. The monoisotopic (exact) mass is 443 g/mol. The Hall–Kier alpha value is -4.24. The van der Waals surface area contributed by atoms with E-state index in [0.717, 1.165) is 0 Å². The first-order valence-electron chi connectivity index (χ1n) is 9.72. The number of methoxy groups -OCH3 is 1. The summed E-state index contributed by atoms with van der Waals surface area (Å²) >= 11 is 1.26. The van der Waals surface area contributed by atoms with Crippen molar-refractivity contribution in [1.29, 1.82) is 0 Å². The SMILES string of the molecule is COc1cccc(NC(=O)c2cccc(Nc3nn4c(=O)c5ccccc5nc4s3)c2)c1. The van der Waals surface area contributed by atoms with E-state index in [1.54, 1.807) is 67.8 Å². The van der Waals surface area contributed by atoms with Crippen molar-refractivity contribution >= 4 is 49.6 Å². The lowest BCUT2D eigenvalue weighted by Gasteiger charge is -2.08. The van der Waals surface area contributed by atoms with Crippen molar-refractivity contribution in [3.8, 4) is 5.75 Å². The zero-order valence-electron chi connectivity index (χ0n) is 16.9. The van der Waals surface area contributed by atoms with Gasteiger partial charge in [-0.3, -0.25) is 9.59 Å². The Labute approximate surface area is 186 Å². The lowest BCUT2D eigenvalue weighted by atomic mass is 10.2. The molecular weight excluding hydrogens is 426 g/mol. The topological polar surface area (TPSA) is 97.6 Å². The molecule has 0 unspecified atom stereocenters. The standard InChI is InChI=1S/C23H17N5O3S/c1-31-17-9-5-8-16(13-17)24-20(29)14-6-4-7-15(12-14)25-22-27-28-21(30)18-10-2-3-11-19(18)26-23(28)32-22/h2-13H,1H3,(H,24,29)(H,25,27). The summed E-state index contributed by atoms with van der Waals surface area (Å²) in [7, 11) is 1.57. The van der Waals surface area contributed by atoms with Gasteiger partial charge in [-0.2, -0.15) is 4.52 Å².